The summed E-state index contributed by atoms with van der Waals surface area (Å²) in [6.45, 7) is 0. The fraction of sp³-hybridized carbons (Fsp3) is 0.200. The van der Waals surface area contributed by atoms with Crippen LogP contribution in [-0.2, 0) is 7.05 Å². The van der Waals surface area contributed by atoms with Gasteiger partial charge in [0, 0.05) is 13.1 Å². The predicted molar refractivity (Wildman–Crippen MR) is 67.7 cm³/mol. The fourth-order valence-electron chi connectivity index (χ4n) is 1.54. The van der Waals surface area contributed by atoms with Gasteiger partial charge in [-0.2, -0.15) is 0 Å². The first-order chi connectivity index (χ1) is 8.45. The number of rotatable bonds is 2. The number of nitrogens with one attached hydrogen (secondary N) is 1. The van der Waals surface area contributed by atoms with Crippen LogP contribution in [0.25, 0.3) is 5.69 Å². The van der Waals surface area contributed by atoms with Crippen molar-refractivity contribution in [1.29, 1.82) is 0 Å². The van der Waals surface area contributed by atoms with E-state index in [9.17, 15) is 9.18 Å². The van der Waals surface area contributed by atoms with Crippen LogP contribution < -0.4 is 10.4 Å². The lowest BCUT2D eigenvalue weighted by Crippen LogP contribution is -2.16. The molecule has 0 saturated carbocycles. The molecule has 0 atom stereocenters. The molecule has 96 valence electrons. The van der Waals surface area contributed by atoms with Crippen molar-refractivity contribution in [2.45, 2.75) is 0 Å². The average molecular weight is 290 g/mol. The van der Waals surface area contributed by atoms with Crippen LogP contribution >= 0.6 is 23.8 Å². The van der Waals surface area contributed by atoms with Crippen LogP contribution in [0.2, 0.25) is 5.02 Å². The molecule has 0 aliphatic carbocycles. The van der Waals surface area contributed by atoms with E-state index < -0.39 is 11.5 Å². The molecular formula is C10H9ClFN3O2S. The highest BCUT2D eigenvalue weighted by Gasteiger charge is 2.14. The van der Waals surface area contributed by atoms with Crippen molar-refractivity contribution in [1.82, 2.24) is 14.3 Å². The van der Waals surface area contributed by atoms with Crippen LogP contribution in [-0.4, -0.2) is 21.5 Å². The Morgan fingerprint density at radius 2 is 2.17 bits per heavy atom. The third kappa shape index (κ3) is 1.95. The summed E-state index contributed by atoms with van der Waals surface area (Å²) < 4.78 is 21.3. The number of hydrogen-bond donors (Lipinski definition) is 1. The molecule has 0 saturated heterocycles. The van der Waals surface area contributed by atoms with E-state index in [-0.39, 0.29) is 21.2 Å². The molecule has 1 aromatic heterocycles. The standard InChI is InChI=1S/C10H9ClFN3O2S/c1-14-10(18)15(9(16)13-14)7-4-8(17-2)5(11)3-6(7)12/h3-4H,1-2H3,(H,13,16). The molecule has 8 heteroatoms. The lowest BCUT2D eigenvalue weighted by molar-refractivity contribution is 0.413. The van der Waals surface area contributed by atoms with E-state index in [2.05, 4.69) is 5.10 Å². The van der Waals surface area contributed by atoms with Gasteiger partial charge in [-0.3, -0.25) is 4.68 Å². The summed E-state index contributed by atoms with van der Waals surface area (Å²) in [5.74, 6) is -0.396. The molecule has 0 spiro atoms. The van der Waals surface area contributed by atoms with Crippen LogP contribution in [0.3, 0.4) is 0 Å². The average Bonchev–Trinajstić information content (AvgIpc) is 2.55. The third-order valence-corrected chi connectivity index (χ3v) is 3.16. The highest BCUT2D eigenvalue weighted by Crippen LogP contribution is 2.28. The van der Waals surface area contributed by atoms with Gasteiger partial charge in [-0.25, -0.2) is 18.9 Å². The second-order valence-electron chi connectivity index (χ2n) is 3.53. The Labute approximate surface area is 111 Å². The number of ether oxygens (including phenoxy) is 1. The van der Waals surface area contributed by atoms with Crippen molar-refractivity contribution in [2.24, 2.45) is 7.05 Å². The number of hydrogen-bond acceptors (Lipinski definition) is 3. The van der Waals surface area contributed by atoms with E-state index in [0.29, 0.717) is 0 Å². The maximum absolute atomic E-state index is 13.9. The maximum atomic E-state index is 13.9. The number of methoxy groups -OCH3 is 1. The second kappa shape index (κ2) is 4.58. The lowest BCUT2D eigenvalue weighted by Gasteiger charge is -2.07. The van der Waals surface area contributed by atoms with Crippen molar-refractivity contribution in [3.05, 3.63) is 38.2 Å². The topological polar surface area (TPSA) is 51.9 Å². The SMILES string of the molecule is COc1cc(-n2c(=O)[nH]n(C)c2=S)c(F)cc1Cl. The summed E-state index contributed by atoms with van der Waals surface area (Å²) in [6.07, 6.45) is 0. The number of nitrogens with zero attached hydrogens (tertiary/aromatic N) is 2. The second-order valence-corrected chi connectivity index (χ2v) is 4.30. The van der Waals surface area contributed by atoms with Gasteiger partial charge in [0.1, 0.15) is 11.6 Å². The Kier molecular flexibility index (Phi) is 3.27. The molecule has 2 aromatic rings. The first kappa shape index (κ1) is 12.8. The molecule has 1 heterocycles. The zero-order valence-electron chi connectivity index (χ0n) is 9.53. The van der Waals surface area contributed by atoms with Crippen molar-refractivity contribution in [2.75, 3.05) is 7.11 Å². The number of aromatic amines is 1. The largest absolute Gasteiger partial charge is 0.495 e. The van der Waals surface area contributed by atoms with Gasteiger partial charge in [-0.15, -0.1) is 0 Å². The maximum Gasteiger partial charge on any atom is 0.347 e. The quantitative estimate of drug-likeness (QED) is 0.861. The highest BCUT2D eigenvalue weighted by atomic mass is 35.5. The number of aryl methyl sites for hydroxylation is 1. The molecule has 1 aromatic carbocycles. The molecule has 0 aliphatic heterocycles. The lowest BCUT2D eigenvalue weighted by atomic mass is 10.3. The molecular weight excluding hydrogens is 281 g/mol. The molecule has 0 bridgehead atoms. The van der Waals surface area contributed by atoms with Gasteiger partial charge in [-0.1, -0.05) is 11.6 Å². The van der Waals surface area contributed by atoms with Crippen molar-refractivity contribution in [3.8, 4) is 11.4 Å². The zero-order valence-corrected chi connectivity index (χ0v) is 11.1. The van der Waals surface area contributed by atoms with Gasteiger partial charge in [0.2, 0.25) is 4.77 Å². The summed E-state index contributed by atoms with van der Waals surface area (Å²) >= 11 is 10.8. The molecule has 2 rings (SSSR count). The Bertz CT molecular complexity index is 719. The molecule has 0 aliphatic rings. The third-order valence-electron chi connectivity index (χ3n) is 2.41. The number of aromatic nitrogens is 3. The minimum atomic E-state index is -0.659. The van der Waals surface area contributed by atoms with Gasteiger partial charge in [0.15, 0.2) is 0 Å². The summed E-state index contributed by atoms with van der Waals surface area (Å²) in [5.41, 5.74) is -0.547. The Morgan fingerprint density at radius 3 is 2.67 bits per heavy atom. The van der Waals surface area contributed by atoms with Gasteiger partial charge >= 0.3 is 5.69 Å². The summed E-state index contributed by atoms with van der Waals surface area (Å²) in [6, 6.07) is 2.40. The molecule has 1 N–H and O–H groups in total. The molecule has 0 radical (unpaired) electrons. The van der Waals surface area contributed by atoms with E-state index in [1.807, 2.05) is 0 Å². The first-order valence-corrected chi connectivity index (χ1v) is 5.65. The van der Waals surface area contributed by atoms with Crippen LogP contribution in [0.4, 0.5) is 4.39 Å². The van der Waals surface area contributed by atoms with Crippen molar-refractivity contribution >= 4 is 23.8 Å². The zero-order chi connectivity index (χ0) is 13.4. The van der Waals surface area contributed by atoms with Crippen molar-refractivity contribution < 1.29 is 9.13 Å². The minimum Gasteiger partial charge on any atom is -0.495 e. The smallest absolute Gasteiger partial charge is 0.347 e. The van der Waals surface area contributed by atoms with E-state index in [4.69, 9.17) is 28.6 Å². The van der Waals surface area contributed by atoms with E-state index >= 15 is 0 Å². The normalized spacial score (nSPS) is 10.7. The van der Waals surface area contributed by atoms with Gasteiger partial charge in [-0.05, 0) is 18.3 Å². The monoisotopic (exact) mass is 289 g/mol. The molecule has 0 amide bonds. The Hall–Kier alpha value is -1.60. The molecule has 18 heavy (non-hydrogen) atoms. The molecule has 5 nitrogen and oxygen atoms in total. The van der Waals surface area contributed by atoms with Crippen LogP contribution in [0, 0.1) is 10.6 Å². The van der Waals surface area contributed by atoms with E-state index in [0.717, 1.165) is 10.6 Å². The summed E-state index contributed by atoms with van der Waals surface area (Å²) in [7, 11) is 2.96. The minimum absolute atomic E-state index is 0.0110. The Balaban J connectivity index is 2.79. The number of H-pyrrole nitrogens is 1. The highest BCUT2D eigenvalue weighted by molar-refractivity contribution is 7.71. The molecule has 0 unspecified atom stereocenters. The molecule has 0 fully saturated rings. The predicted octanol–water partition coefficient (Wildman–Crippen LogP) is 2.03. The van der Waals surface area contributed by atoms with Gasteiger partial charge in [0.05, 0.1) is 17.8 Å². The number of halogens is 2. The van der Waals surface area contributed by atoms with Crippen LogP contribution in [0.15, 0.2) is 16.9 Å². The summed E-state index contributed by atoms with van der Waals surface area (Å²) in [5, 5.41) is 2.56. The fourth-order valence-corrected chi connectivity index (χ4v) is 1.99. The van der Waals surface area contributed by atoms with Gasteiger partial charge in [0.25, 0.3) is 0 Å². The van der Waals surface area contributed by atoms with Crippen LogP contribution in [0.5, 0.6) is 5.75 Å². The Morgan fingerprint density at radius 1 is 1.50 bits per heavy atom. The van der Waals surface area contributed by atoms with E-state index in [1.165, 1.54) is 17.9 Å². The first-order valence-electron chi connectivity index (χ1n) is 4.87. The van der Waals surface area contributed by atoms with Gasteiger partial charge < -0.3 is 4.74 Å². The number of benzene rings is 1. The van der Waals surface area contributed by atoms with E-state index in [1.54, 1.807) is 7.05 Å². The van der Waals surface area contributed by atoms with Crippen LogP contribution in [0.1, 0.15) is 0 Å². The van der Waals surface area contributed by atoms with Crippen molar-refractivity contribution in [3.63, 3.8) is 0 Å². The summed E-state index contributed by atoms with van der Waals surface area (Å²) in [4.78, 5) is 11.7.